The minimum Gasteiger partial charge on any atom is -0.507 e. The van der Waals surface area contributed by atoms with E-state index in [1.165, 1.54) is 19.8 Å². The van der Waals surface area contributed by atoms with Crippen molar-refractivity contribution in [2.75, 3.05) is 26.2 Å². The summed E-state index contributed by atoms with van der Waals surface area (Å²) in [4.78, 5) is 14.3. The van der Waals surface area contributed by atoms with Gasteiger partial charge in [-0.05, 0) is 64.0 Å². The van der Waals surface area contributed by atoms with E-state index >= 15 is 0 Å². The number of rotatable bonds is 5. The number of hydrogen-bond donors (Lipinski definition) is 1. The lowest BCUT2D eigenvalue weighted by atomic mass is 10.1. The number of aromatic hydroxyl groups is 1. The van der Waals surface area contributed by atoms with Crippen molar-refractivity contribution in [3.63, 3.8) is 0 Å². The van der Waals surface area contributed by atoms with Gasteiger partial charge in [-0.25, -0.2) is 4.79 Å². The molecule has 0 saturated carbocycles. The van der Waals surface area contributed by atoms with Gasteiger partial charge in [-0.15, -0.1) is 0 Å². The summed E-state index contributed by atoms with van der Waals surface area (Å²) in [6.45, 7) is 7.11. The van der Waals surface area contributed by atoms with Gasteiger partial charge in [0.05, 0.1) is 5.56 Å². The molecule has 3 aromatic rings. The standard InChI is InChI=1S/C21H23NO5/c1-13-19(23)14(2)21(24)27-20(13)18-12-15-11-16(5-6-17(15)26-18)25-10-9-22-7-3-4-8-22/h5-6,11-12,23H,3-4,7-10H2,1-2H3. The zero-order valence-corrected chi connectivity index (χ0v) is 15.6. The molecule has 1 fully saturated rings. The molecule has 1 aliphatic heterocycles. The molecular weight excluding hydrogens is 346 g/mol. The monoisotopic (exact) mass is 369 g/mol. The van der Waals surface area contributed by atoms with Crippen LogP contribution in [0.2, 0.25) is 0 Å². The van der Waals surface area contributed by atoms with Crippen LogP contribution < -0.4 is 10.4 Å². The normalized spacial score (nSPS) is 14.9. The fourth-order valence-corrected chi connectivity index (χ4v) is 3.49. The maximum Gasteiger partial charge on any atom is 0.343 e. The molecule has 6 nitrogen and oxygen atoms in total. The molecule has 3 heterocycles. The van der Waals surface area contributed by atoms with Crippen LogP contribution in [0.1, 0.15) is 24.0 Å². The Hall–Kier alpha value is -2.73. The van der Waals surface area contributed by atoms with E-state index in [0.717, 1.165) is 30.8 Å². The van der Waals surface area contributed by atoms with Crippen LogP contribution in [0.5, 0.6) is 11.5 Å². The first-order valence-corrected chi connectivity index (χ1v) is 9.25. The van der Waals surface area contributed by atoms with Crippen molar-refractivity contribution in [1.29, 1.82) is 0 Å². The second-order valence-electron chi connectivity index (χ2n) is 7.02. The van der Waals surface area contributed by atoms with Crippen molar-refractivity contribution in [1.82, 2.24) is 4.90 Å². The summed E-state index contributed by atoms with van der Waals surface area (Å²) in [5.41, 5.74) is 0.771. The molecule has 1 saturated heterocycles. The molecule has 2 aromatic heterocycles. The van der Waals surface area contributed by atoms with Gasteiger partial charge in [0, 0.05) is 17.5 Å². The molecule has 1 aromatic carbocycles. The summed E-state index contributed by atoms with van der Waals surface area (Å²) in [5, 5.41) is 11.0. The molecule has 1 N–H and O–H groups in total. The first-order chi connectivity index (χ1) is 13.0. The van der Waals surface area contributed by atoms with Crippen molar-refractivity contribution in [2.24, 2.45) is 0 Å². The van der Waals surface area contributed by atoms with Crippen molar-refractivity contribution in [3.8, 4) is 23.0 Å². The van der Waals surface area contributed by atoms with Crippen LogP contribution in [-0.2, 0) is 0 Å². The Labute approximate surface area is 157 Å². The highest BCUT2D eigenvalue weighted by atomic mass is 16.5. The molecule has 6 heteroatoms. The predicted octanol–water partition coefficient (Wildman–Crippen LogP) is 3.85. The Kier molecular flexibility index (Phi) is 4.66. The maximum absolute atomic E-state index is 11.9. The molecule has 0 radical (unpaired) electrons. The predicted molar refractivity (Wildman–Crippen MR) is 102 cm³/mol. The van der Waals surface area contributed by atoms with E-state index in [4.69, 9.17) is 13.6 Å². The number of fused-ring (bicyclic) bond motifs is 1. The summed E-state index contributed by atoms with van der Waals surface area (Å²) in [6.07, 6.45) is 2.54. The van der Waals surface area contributed by atoms with Gasteiger partial charge in [-0.3, -0.25) is 4.90 Å². The topological polar surface area (TPSA) is 76.0 Å². The van der Waals surface area contributed by atoms with E-state index in [-0.39, 0.29) is 17.1 Å². The molecular formula is C21H23NO5. The second-order valence-corrected chi connectivity index (χ2v) is 7.02. The summed E-state index contributed by atoms with van der Waals surface area (Å²) >= 11 is 0. The summed E-state index contributed by atoms with van der Waals surface area (Å²) in [7, 11) is 0. The van der Waals surface area contributed by atoms with Crippen LogP contribution in [0.3, 0.4) is 0 Å². The summed E-state index contributed by atoms with van der Waals surface area (Å²) in [6, 6.07) is 7.41. The highest BCUT2D eigenvalue weighted by Gasteiger charge is 2.18. The largest absolute Gasteiger partial charge is 0.507 e. The van der Waals surface area contributed by atoms with Crippen LogP contribution in [0.25, 0.3) is 22.5 Å². The SMILES string of the molecule is Cc1c(-c2cc3cc(OCCN4CCCC4)ccc3o2)oc(=O)c(C)c1O. The number of benzene rings is 1. The molecule has 142 valence electrons. The molecule has 1 aliphatic rings. The van der Waals surface area contributed by atoms with Crippen molar-refractivity contribution in [3.05, 3.63) is 45.8 Å². The third-order valence-corrected chi connectivity index (χ3v) is 5.14. The average Bonchev–Trinajstić information content (AvgIpc) is 3.32. The van der Waals surface area contributed by atoms with E-state index in [9.17, 15) is 9.90 Å². The molecule has 0 aliphatic carbocycles. The maximum atomic E-state index is 11.9. The first-order valence-electron chi connectivity index (χ1n) is 9.25. The summed E-state index contributed by atoms with van der Waals surface area (Å²) in [5.74, 6) is 1.37. The lowest BCUT2D eigenvalue weighted by molar-refractivity contribution is 0.238. The Morgan fingerprint density at radius 3 is 2.67 bits per heavy atom. The van der Waals surface area contributed by atoms with Gasteiger partial charge in [0.2, 0.25) is 0 Å². The minimum absolute atomic E-state index is 0.0624. The van der Waals surface area contributed by atoms with Crippen LogP contribution in [0.4, 0.5) is 0 Å². The van der Waals surface area contributed by atoms with Gasteiger partial charge >= 0.3 is 5.63 Å². The Morgan fingerprint density at radius 2 is 1.89 bits per heavy atom. The molecule has 0 spiro atoms. The fourth-order valence-electron chi connectivity index (χ4n) is 3.49. The van der Waals surface area contributed by atoms with Gasteiger partial charge in [-0.2, -0.15) is 0 Å². The number of furan rings is 1. The van der Waals surface area contributed by atoms with Gasteiger partial charge < -0.3 is 18.7 Å². The zero-order valence-electron chi connectivity index (χ0n) is 15.6. The fraction of sp³-hybridized carbons (Fsp3) is 0.381. The van der Waals surface area contributed by atoms with E-state index in [0.29, 0.717) is 23.5 Å². The van der Waals surface area contributed by atoms with Crippen LogP contribution in [0.15, 0.2) is 37.9 Å². The zero-order chi connectivity index (χ0) is 19.0. The van der Waals surface area contributed by atoms with Gasteiger partial charge in [0.25, 0.3) is 0 Å². The van der Waals surface area contributed by atoms with Crippen molar-refractivity contribution >= 4 is 11.0 Å². The number of likely N-dealkylation sites (tertiary alicyclic amines) is 1. The van der Waals surface area contributed by atoms with E-state index < -0.39 is 5.63 Å². The average molecular weight is 369 g/mol. The highest BCUT2D eigenvalue weighted by molar-refractivity contribution is 5.83. The molecule has 0 unspecified atom stereocenters. The van der Waals surface area contributed by atoms with E-state index in [1.54, 1.807) is 13.0 Å². The Balaban J connectivity index is 1.57. The minimum atomic E-state index is -0.570. The molecule has 4 rings (SSSR count). The molecule has 27 heavy (non-hydrogen) atoms. The van der Waals surface area contributed by atoms with Crippen LogP contribution in [0, 0.1) is 13.8 Å². The first kappa shape index (κ1) is 17.7. The van der Waals surface area contributed by atoms with E-state index in [1.807, 2.05) is 18.2 Å². The van der Waals surface area contributed by atoms with Crippen molar-refractivity contribution in [2.45, 2.75) is 26.7 Å². The highest BCUT2D eigenvalue weighted by Crippen LogP contribution is 2.34. The quantitative estimate of drug-likeness (QED) is 0.736. The molecule has 0 bridgehead atoms. The lowest BCUT2D eigenvalue weighted by Gasteiger charge is -2.14. The van der Waals surface area contributed by atoms with Crippen LogP contribution in [-0.4, -0.2) is 36.2 Å². The van der Waals surface area contributed by atoms with Gasteiger partial charge in [0.1, 0.15) is 23.7 Å². The molecule has 0 amide bonds. The lowest BCUT2D eigenvalue weighted by Crippen LogP contribution is -2.25. The van der Waals surface area contributed by atoms with E-state index in [2.05, 4.69) is 4.90 Å². The second kappa shape index (κ2) is 7.12. The van der Waals surface area contributed by atoms with Crippen molar-refractivity contribution < 1.29 is 18.7 Å². The Morgan fingerprint density at radius 1 is 1.11 bits per heavy atom. The third kappa shape index (κ3) is 3.45. The smallest absolute Gasteiger partial charge is 0.343 e. The van der Waals surface area contributed by atoms with Crippen LogP contribution >= 0.6 is 0 Å². The number of nitrogens with zero attached hydrogens (tertiary/aromatic N) is 1. The third-order valence-electron chi connectivity index (χ3n) is 5.14. The summed E-state index contributed by atoms with van der Waals surface area (Å²) < 4.78 is 17.0. The number of ether oxygens (including phenoxy) is 1. The molecule has 0 atom stereocenters. The van der Waals surface area contributed by atoms with Gasteiger partial charge in [0.15, 0.2) is 11.5 Å². The Bertz CT molecular complexity index is 1030. The van der Waals surface area contributed by atoms with Gasteiger partial charge in [-0.1, -0.05) is 0 Å². The number of hydrogen-bond acceptors (Lipinski definition) is 6.